The number of unbranched alkanes of at least 4 members (excludes halogenated alkanes) is 3. The van der Waals surface area contributed by atoms with Crippen LogP contribution >= 0.6 is 7.49 Å². The van der Waals surface area contributed by atoms with Crippen molar-refractivity contribution in [1.29, 1.82) is 0 Å². The van der Waals surface area contributed by atoms with Gasteiger partial charge >= 0.3 is 184 Å². The molecule has 0 fully saturated rings. The van der Waals surface area contributed by atoms with Crippen LogP contribution < -0.4 is 8.85 Å². The molecule has 0 aliphatic carbocycles. The van der Waals surface area contributed by atoms with Crippen molar-refractivity contribution in [2.75, 3.05) is 18.5 Å². The molecule has 0 unspecified atom stereocenters. The van der Waals surface area contributed by atoms with Crippen LogP contribution in [0.3, 0.4) is 0 Å². The number of hydrogen-bond acceptors (Lipinski definition) is 3. The second kappa shape index (κ2) is 13.1. The summed E-state index contributed by atoms with van der Waals surface area (Å²) < 4.78 is 18.6. The molecule has 0 saturated carbocycles. The summed E-state index contributed by atoms with van der Waals surface area (Å²) in [5.41, 5.74) is 0. The van der Waals surface area contributed by atoms with E-state index in [1.54, 1.807) is 24.3 Å². The molecule has 0 bridgehead atoms. The molecule has 2 aromatic rings. The minimum atomic E-state index is -4.20. The van der Waals surface area contributed by atoms with Crippen LogP contribution in [0.15, 0.2) is 60.7 Å². The van der Waals surface area contributed by atoms with Crippen LogP contribution in [0.4, 0.5) is 0 Å². The molecule has 2 aromatic carbocycles. The molecular formula is C24H38O4PSi. The van der Waals surface area contributed by atoms with Crippen molar-refractivity contribution in [3.05, 3.63) is 60.7 Å². The summed E-state index contributed by atoms with van der Waals surface area (Å²) in [6, 6.07) is 18.5. The molecule has 0 aliphatic heterocycles. The van der Waals surface area contributed by atoms with Crippen LogP contribution in [-0.4, -0.2) is 27.5 Å². The van der Waals surface area contributed by atoms with E-state index in [0.29, 0.717) is 11.5 Å². The van der Waals surface area contributed by atoms with E-state index in [1.807, 2.05) is 36.4 Å². The molecule has 0 spiro atoms. The van der Waals surface area contributed by atoms with E-state index >= 15 is 0 Å². The van der Waals surface area contributed by atoms with Gasteiger partial charge in [0.2, 0.25) is 0 Å². The summed E-state index contributed by atoms with van der Waals surface area (Å²) >= 11 is 0. The Balaban J connectivity index is 2.35. The Kier molecular flexibility index (Phi) is 10.9. The molecule has 167 valence electrons. The second-order valence-corrected chi connectivity index (χ2v) is 14.0. The summed E-state index contributed by atoms with van der Waals surface area (Å²) in [5, 5.41) is 0. The standard InChI is InChI=1S/C24H38O4PSi/c1-4-7-20-29(21-8-5-2,22-9-6-3)28-30(25,26-23-16-12-10-13-17-23)27-24-18-14-11-15-19-24/h10-19,29H,4-9,20-22H2,1-3H3. The fraction of sp³-hybridized carbons (Fsp3) is 0.500. The summed E-state index contributed by atoms with van der Waals surface area (Å²) in [5.74, 6) is 1.03. The molecular weight excluding hydrogens is 411 g/mol. The number of hydrogen-bond donors (Lipinski definition) is 0. The molecule has 0 aromatic heterocycles. The predicted molar refractivity (Wildman–Crippen MR) is 129 cm³/mol. The van der Waals surface area contributed by atoms with Crippen LogP contribution in [-0.2, 0) is 9.01 Å². The molecule has 6 heteroatoms. The van der Waals surface area contributed by atoms with Crippen LogP contribution in [0.1, 0.15) is 59.3 Å². The van der Waals surface area contributed by atoms with Gasteiger partial charge in [0.1, 0.15) is 0 Å². The van der Waals surface area contributed by atoms with Crippen LogP contribution in [0, 0.1) is 0 Å². The van der Waals surface area contributed by atoms with Gasteiger partial charge in [0.15, 0.2) is 0 Å². The van der Waals surface area contributed by atoms with Gasteiger partial charge in [0.25, 0.3) is 0 Å². The van der Waals surface area contributed by atoms with Gasteiger partial charge in [0, 0.05) is 0 Å². The number of para-hydroxylation sites is 2. The van der Waals surface area contributed by atoms with E-state index in [2.05, 4.69) is 20.8 Å². The zero-order valence-corrected chi connectivity index (χ0v) is 20.8. The van der Waals surface area contributed by atoms with E-state index < -0.39 is 16.5 Å². The molecule has 0 heterocycles. The Bertz CT molecular complexity index is 636. The van der Waals surface area contributed by atoms with Crippen molar-refractivity contribution in [1.82, 2.24) is 0 Å². The summed E-state index contributed by atoms with van der Waals surface area (Å²) in [6.07, 6.45) is 9.54. The fourth-order valence-electron chi connectivity index (χ4n) is 3.62. The van der Waals surface area contributed by atoms with Crippen LogP contribution in [0.5, 0.6) is 11.5 Å². The van der Waals surface area contributed by atoms with Gasteiger partial charge in [-0.25, -0.2) is 0 Å². The summed E-state index contributed by atoms with van der Waals surface area (Å²) in [7, 11) is -6.51. The Morgan fingerprint density at radius 1 is 0.667 bits per heavy atom. The van der Waals surface area contributed by atoms with Crippen molar-refractivity contribution < 1.29 is 17.9 Å². The normalized spacial score (nSPS) is 12.5. The van der Waals surface area contributed by atoms with Gasteiger partial charge < -0.3 is 0 Å². The van der Waals surface area contributed by atoms with E-state index in [4.69, 9.17) is 13.1 Å². The Hall–Kier alpha value is -1.39. The van der Waals surface area contributed by atoms with Crippen molar-refractivity contribution in [2.24, 2.45) is 0 Å². The summed E-state index contributed by atoms with van der Waals surface area (Å²) in [6.45, 7) is 6.59. The molecule has 0 saturated heterocycles. The zero-order chi connectivity index (χ0) is 21.7. The van der Waals surface area contributed by atoms with Crippen molar-refractivity contribution in [3.8, 4) is 11.5 Å². The van der Waals surface area contributed by atoms with Crippen molar-refractivity contribution in [2.45, 2.75) is 59.3 Å². The molecule has 4 nitrogen and oxygen atoms in total. The average Bonchev–Trinajstić information content (AvgIpc) is 2.76. The third-order valence-electron chi connectivity index (χ3n) is 5.27. The van der Waals surface area contributed by atoms with Gasteiger partial charge in [-0.15, -0.1) is 0 Å². The summed E-state index contributed by atoms with van der Waals surface area (Å²) in [4.78, 5) is 14.1. The maximum absolute atomic E-state index is 14.1. The third kappa shape index (κ3) is 8.39. The van der Waals surface area contributed by atoms with E-state index in [1.165, 1.54) is 0 Å². The second-order valence-electron chi connectivity index (χ2n) is 7.93. The van der Waals surface area contributed by atoms with E-state index in [0.717, 1.165) is 57.0 Å². The maximum atomic E-state index is 14.1. The third-order valence-corrected chi connectivity index (χ3v) is 12.8. The molecule has 0 atom stereocenters. The molecule has 2 rings (SSSR count). The first-order valence-corrected chi connectivity index (χ1v) is 15.6. The predicted octanol–water partition coefficient (Wildman–Crippen LogP) is 7.09. The Morgan fingerprint density at radius 3 is 1.37 bits per heavy atom. The van der Waals surface area contributed by atoms with Gasteiger partial charge in [-0.3, -0.25) is 0 Å². The Labute approximate surface area is 184 Å². The molecule has 1 radical (unpaired) electrons. The molecule has 0 N–H and O–H groups in total. The number of rotatable bonds is 15. The fourth-order valence-corrected chi connectivity index (χ4v) is 11.9. The van der Waals surface area contributed by atoms with E-state index in [-0.39, 0.29) is 0 Å². The molecule has 0 aliphatic rings. The molecule has 0 amide bonds. The zero-order valence-electron chi connectivity index (χ0n) is 18.8. The number of benzene rings is 2. The topological polar surface area (TPSA) is 47.6 Å². The average molecular weight is 450 g/mol. The Morgan fingerprint density at radius 2 is 1.03 bits per heavy atom. The van der Waals surface area contributed by atoms with Gasteiger partial charge in [-0.05, 0) is 0 Å². The monoisotopic (exact) mass is 449 g/mol. The first kappa shape index (κ1) is 24.9. The first-order valence-electron chi connectivity index (χ1n) is 11.4. The van der Waals surface area contributed by atoms with Gasteiger partial charge in [0.05, 0.1) is 0 Å². The van der Waals surface area contributed by atoms with Gasteiger partial charge in [-0.2, -0.15) is 0 Å². The van der Waals surface area contributed by atoms with Crippen LogP contribution in [0.25, 0.3) is 0 Å². The van der Waals surface area contributed by atoms with Gasteiger partial charge in [-0.1, -0.05) is 0 Å². The van der Waals surface area contributed by atoms with Crippen molar-refractivity contribution >= 4 is 16.5 Å². The molecule has 30 heavy (non-hydrogen) atoms. The van der Waals surface area contributed by atoms with Crippen molar-refractivity contribution in [3.63, 3.8) is 0 Å². The quantitative estimate of drug-likeness (QED) is 0.215. The van der Waals surface area contributed by atoms with Crippen LogP contribution in [0.2, 0.25) is 0 Å². The SMILES string of the molecule is CCCC[PH](CCCC)(CCCC)O[Si]([O])(Oc1ccccc1)Oc1ccccc1. The first-order chi connectivity index (χ1) is 14.5. The van der Waals surface area contributed by atoms with E-state index in [9.17, 15) is 4.80 Å². The minimum absolute atomic E-state index is 0.513.